The fraction of sp³-hybridized carbons (Fsp3) is 0.263. The van der Waals surface area contributed by atoms with E-state index in [0.29, 0.717) is 17.9 Å². The van der Waals surface area contributed by atoms with Gasteiger partial charge in [0.15, 0.2) is 11.5 Å². The number of aromatic nitrogens is 1. The number of hydrogen-bond donors (Lipinski definition) is 2. The van der Waals surface area contributed by atoms with Gasteiger partial charge in [0.05, 0.1) is 10.6 Å². The van der Waals surface area contributed by atoms with Crippen LogP contribution in [0, 0.1) is 0 Å². The SMILES string of the molecule is CC(C)NS(=O)(=O)Cc1ccc(CNC(=O)c2cc(-c3cccs3)on2)cc1. The fourth-order valence-electron chi connectivity index (χ4n) is 2.56. The van der Waals surface area contributed by atoms with Crippen LogP contribution in [0.1, 0.15) is 35.5 Å². The molecule has 2 heterocycles. The first kappa shape index (κ1) is 20.2. The minimum absolute atomic E-state index is 0.0811. The molecule has 1 aromatic carbocycles. The van der Waals surface area contributed by atoms with Crippen LogP contribution >= 0.6 is 11.3 Å². The number of hydrogen-bond acceptors (Lipinski definition) is 6. The molecule has 2 aromatic heterocycles. The topological polar surface area (TPSA) is 101 Å². The molecule has 0 aliphatic heterocycles. The predicted octanol–water partition coefficient (Wildman–Crippen LogP) is 3.16. The van der Waals surface area contributed by atoms with Crippen molar-refractivity contribution in [3.8, 4) is 10.6 Å². The smallest absolute Gasteiger partial charge is 0.273 e. The zero-order valence-corrected chi connectivity index (χ0v) is 17.1. The highest BCUT2D eigenvalue weighted by molar-refractivity contribution is 7.88. The van der Waals surface area contributed by atoms with Crippen LogP contribution < -0.4 is 10.0 Å². The number of rotatable bonds is 8. The molecule has 28 heavy (non-hydrogen) atoms. The minimum Gasteiger partial charge on any atom is -0.355 e. The number of amides is 1. The van der Waals surface area contributed by atoms with Gasteiger partial charge in [-0.2, -0.15) is 0 Å². The maximum Gasteiger partial charge on any atom is 0.273 e. The van der Waals surface area contributed by atoms with E-state index in [-0.39, 0.29) is 23.4 Å². The third kappa shape index (κ3) is 5.51. The zero-order chi connectivity index (χ0) is 20.1. The van der Waals surface area contributed by atoms with Gasteiger partial charge in [-0.3, -0.25) is 4.79 Å². The second-order valence-corrected chi connectivity index (χ2v) is 9.29. The van der Waals surface area contributed by atoms with Crippen molar-refractivity contribution in [1.82, 2.24) is 15.2 Å². The largest absolute Gasteiger partial charge is 0.355 e. The van der Waals surface area contributed by atoms with Gasteiger partial charge in [-0.1, -0.05) is 35.5 Å². The van der Waals surface area contributed by atoms with Gasteiger partial charge in [-0.05, 0) is 36.4 Å². The van der Waals surface area contributed by atoms with Gasteiger partial charge < -0.3 is 9.84 Å². The van der Waals surface area contributed by atoms with Crippen LogP contribution in [0.25, 0.3) is 10.6 Å². The summed E-state index contributed by atoms with van der Waals surface area (Å²) in [4.78, 5) is 13.1. The molecule has 0 radical (unpaired) electrons. The Morgan fingerprint density at radius 3 is 2.54 bits per heavy atom. The van der Waals surface area contributed by atoms with E-state index in [1.54, 1.807) is 44.2 Å². The second kappa shape index (κ2) is 8.68. The number of nitrogens with one attached hydrogen (secondary N) is 2. The Kier molecular flexibility index (Phi) is 6.28. The van der Waals surface area contributed by atoms with Crippen molar-refractivity contribution in [3.05, 3.63) is 64.7 Å². The van der Waals surface area contributed by atoms with E-state index in [9.17, 15) is 13.2 Å². The lowest BCUT2D eigenvalue weighted by atomic mass is 10.1. The molecular formula is C19H21N3O4S2. The molecule has 1 amide bonds. The van der Waals surface area contributed by atoms with Crippen LogP contribution in [-0.2, 0) is 22.3 Å². The summed E-state index contributed by atoms with van der Waals surface area (Å²) in [5, 5.41) is 8.51. The summed E-state index contributed by atoms with van der Waals surface area (Å²) in [6, 6.07) is 12.3. The van der Waals surface area contributed by atoms with Crippen LogP contribution in [0.4, 0.5) is 0 Å². The number of benzene rings is 1. The summed E-state index contributed by atoms with van der Waals surface area (Å²) in [5.41, 5.74) is 1.75. The number of sulfonamides is 1. The molecule has 0 atom stereocenters. The van der Waals surface area contributed by atoms with E-state index in [4.69, 9.17) is 4.52 Å². The molecule has 148 valence electrons. The standard InChI is InChI=1S/C19H21N3O4S2/c1-13(2)22-28(24,25)12-15-7-5-14(6-8-15)11-20-19(23)16-10-17(26-21-16)18-4-3-9-27-18/h3-10,13,22H,11-12H2,1-2H3,(H,20,23). The molecule has 9 heteroatoms. The Labute approximate surface area is 167 Å². The van der Waals surface area contributed by atoms with Crippen molar-refractivity contribution in [2.75, 3.05) is 0 Å². The van der Waals surface area contributed by atoms with Crippen LogP contribution in [-0.4, -0.2) is 25.5 Å². The maximum absolute atomic E-state index is 12.2. The highest BCUT2D eigenvalue weighted by Gasteiger charge is 2.15. The highest BCUT2D eigenvalue weighted by Crippen LogP contribution is 2.25. The molecular weight excluding hydrogens is 398 g/mol. The van der Waals surface area contributed by atoms with Gasteiger partial charge in [-0.25, -0.2) is 13.1 Å². The van der Waals surface area contributed by atoms with E-state index in [1.807, 2.05) is 17.5 Å². The van der Waals surface area contributed by atoms with Crippen molar-refractivity contribution in [2.24, 2.45) is 0 Å². The van der Waals surface area contributed by atoms with Crippen molar-refractivity contribution in [3.63, 3.8) is 0 Å². The summed E-state index contributed by atoms with van der Waals surface area (Å²) in [5.74, 6) is 0.141. The van der Waals surface area contributed by atoms with E-state index >= 15 is 0 Å². The van der Waals surface area contributed by atoms with E-state index in [2.05, 4.69) is 15.2 Å². The predicted molar refractivity (Wildman–Crippen MR) is 108 cm³/mol. The lowest BCUT2D eigenvalue weighted by Gasteiger charge is -2.10. The quantitative estimate of drug-likeness (QED) is 0.584. The first-order valence-electron chi connectivity index (χ1n) is 8.69. The maximum atomic E-state index is 12.2. The Morgan fingerprint density at radius 2 is 1.89 bits per heavy atom. The van der Waals surface area contributed by atoms with Crippen LogP contribution in [0.2, 0.25) is 0 Å². The van der Waals surface area contributed by atoms with Gasteiger partial charge in [0.1, 0.15) is 0 Å². The molecule has 0 bridgehead atoms. The minimum atomic E-state index is -3.36. The number of carbonyl (C=O) groups excluding carboxylic acids is 1. The summed E-state index contributed by atoms with van der Waals surface area (Å²) >= 11 is 1.51. The molecule has 0 unspecified atom stereocenters. The van der Waals surface area contributed by atoms with Gasteiger partial charge in [0.25, 0.3) is 5.91 Å². The average Bonchev–Trinajstić information content (AvgIpc) is 3.30. The molecule has 0 spiro atoms. The fourth-order valence-corrected chi connectivity index (χ4v) is 4.67. The Balaban J connectivity index is 1.55. The number of nitrogens with zero attached hydrogens (tertiary/aromatic N) is 1. The average molecular weight is 420 g/mol. The van der Waals surface area contributed by atoms with Crippen molar-refractivity contribution < 1.29 is 17.7 Å². The number of thiophene rings is 1. The van der Waals surface area contributed by atoms with Crippen LogP contribution in [0.15, 0.2) is 52.4 Å². The molecule has 2 N–H and O–H groups in total. The number of carbonyl (C=O) groups is 1. The van der Waals surface area contributed by atoms with Crippen molar-refractivity contribution in [1.29, 1.82) is 0 Å². The first-order valence-corrected chi connectivity index (χ1v) is 11.2. The van der Waals surface area contributed by atoms with Crippen molar-refractivity contribution in [2.45, 2.75) is 32.2 Å². The molecule has 0 fully saturated rings. The van der Waals surface area contributed by atoms with E-state index in [1.165, 1.54) is 11.3 Å². The Bertz CT molecular complexity index is 1020. The second-order valence-electron chi connectivity index (χ2n) is 6.58. The van der Waals surface area contributed by atoms with Gasteiger partial charge in [0.2, 0.25) is 10.0 Å². The Hall–Kier alpha value is -2.49. The molecule has 0 aliphatic rings. The summed E-state index contributed by atoms with van der Waals surface area (Å²) in [6.45, 7) is 3.86. The molecule has 0 saturated carbocycles. The summed E-state index contributed by atoms with van der Waals surface area (Å²) in [6.07, 6.45) is 0. The lowest BCUT2D eigenvalue weighted by molar-refractivity contribution is 0.0942. The monoisotopic (exact) mass is 419 g/mol. The summed E-state index contributed by atoms with van der Waals surface area (Å²) < 4.78 is 31.7. The van der Waals surface area contributed by atoms with Gasteiger partial charge in [-0.15, -0.1) is 11.3 Å². The first-order chi connectivity index (χ1) is 13.3. The summed E-state index contributed by atoms with van der Waals surface area (Å²) in [7, 11) is -3.36. The molecule has 0 aliphatic carbocycles. The molecule has 3 rings (SSSR count). The molecule has 0 saturated heterocycles. The van der Waals surface area contributed by atoms with E-state index < -0.39 is 10.0 Å². The normalized spacial score (nSPS) is 11.7. The van der Waals surface area contributed by atoms with E-state index in [0.717, 1.165) is 10.4 Å². The third-order valence-corrected chi connectivity index (χ3v) is 6.18. The van der Waals surface area contributed by atoms with Gasteiger partial charge >= 0.3 is 0 Å². The highest BCUT2D eigenvalue weighted by atomic mass is 32.2. The molecule has 7 nitrogen and oxygen atoms in total. The van der Waals surface area contributed by atoms with Crippen molar-refractivity contribution >= 4 is 27.3 Å². The van der Waals surface area contributed by atoms with Crippen LogP contribution in [0.3, 0.4) is 0 Å². The molecule has 3 aromatic rings. The zero-order valence-electron chi connectivity index (χ0n) is 15.5. The third-order valence-electron chi connectivity index (χ3n) is 3.75. The van der Waals surface area contributed by atoms with Gasteiger partial charge in [0, 0.05) is 18.7 Å². The van der Waals surface area contributed by atoms with Crippen LogP contribution in [0.5, 0.6) is 0 Å². The lowest BCUT2D eigenvalue weighted by Crippen LogP contribution is -2.31. The Morgan fingerprint density at radius 1 is 1.18 bits per heavy atom.